The van der Waals surface area contributed by atoms with Gasteiger partial charge >= 0.3 is 0 Å². The lowest BCUT2D eigenvalue weighted by atomic mass is 10.0. The number of benzene rings is 3. The van der Waals surface area contributed by atoms with Crippen molar-refractivity contribution >= 4 is 17.5 Å². The lowest BCUT2D eigenvalue weighted by Gasteiger charge is -2.32. The van der Waals surface area contributed by atoms with Crippen molar-refractivity contribution in [2.45, 2.75) is 58.3 Å². The third-order valence-corrected chi connectivity index (χ3v) is 6.61. The minimum atomic E-state index is -0.255. The van der Waals surface area contributed by atoms with Crippen molar-refractivity contribution < 1.29 is 9.59 Å². The quantitative estimate of drug-likeness (QED) is 0.428. The zero-order valence-electron chi connectivity index (χ0n) is 20.1. The summed E-state index contributed by atoms with van der Waals surface area (Å²) in [4.78, 5) is 27.7. The van der Waals surface area contributed by atoms with Gasteiger partial charge in [0.1, 0.15) is 6.17 Å². The molecule has 4 rings (SSSR count). The van der Waals surface area contributed by atoms with Crippen LogP contribution in [-0.4, -0.2) is 28.8 Å². The van der Waals surface area contributed by atoms with E-state index in [1.54, 1.807) is 0 Å². The molecule has 1 aliphatic heterocycles. The molecule has 1 aliphatic rings. The van der Waals surface area contributed by atoms with Crippen LogP contribution in [0.25, 0.3) is 0 Å². The molecule has 3 aromatic carbocycles. The molecule has 5 heteroatoms. The molecule has 34 heavy (non-hydrogen) atoms. The first-order valence-electron chi connectivity index (χ1n) is 12.1. The van der Waals surface area contributed by atoms with Crippen molar-refractivity contribution in [3.8, 4) is 0 Å². The second-order valence-corrected chi connectivity index (χ2v) is 9.08. The first kappa shape index (κ1) is 23.6. The van der Waals surface area contributed by atoms with Crippen LogP contribution in [-0.2, 0) is 6.42 Å². The summed E-state index contributed by atoms with van der Waals surface area (Å²) in [6.45, 7) is 6.16. The fourth-order valence-corrected chi connectivity index (χ4v) is 4.38. The maximum atomic E-state index is 13.4. The highest BCUT2D eigenvalue weighted by molar-refractivity contribution is 6.00. The van der Waals surface area contributed by atoms with Gasteiger partial charge in [0.2, 0.25) is 0 Å². The Balaban J connectivity index is 1.51. The normalized spacial score (nSPS) is 16.6. The van der Waals surface area contributed by atoms with Crippen molar-refractivity contribution in [3.05, 3.63) is 101 Å². The van der Waals surface area contributed by atoms with Gasteiger partial charge in [0, 0.05) is 34.5 Å². The molecule has 0 saturated carbocycles. The summed E-state index contributed by atoms with van der Waals surface area (Å²) in [5, 5.41) is 6.54. The van der Waals surface area contributed by atoms with E-state index >= 15 is 0 Å². The van der Waals surface area contributed by atoms with Crippen LogP contribution >= 0.6 is 0 Å². The molecule has 0 spiro atoms. The second-order valence-electron chi connectivity index (χ2n) is 9.08. The van der Waals surface area contributed by atoms with E-state index in [-0.39, 0.29) is 30.1 Å². The number of fused-ring (bicyclic) bond motifs is 1. The van der Waals surface area contributed by atoms with E-state index < -0.39 is 0 Å². The number of hydrogen-bond donors (Lipinski definition) is 2. The molecule has 3 aromatic rings. The molecule has 0 saturated heterocycles. The van der Waals surface area contributed by atoms with E-state index in [4.69, 9.17) is 0 Å². The number of aryl methyl sites for hydroxylation is 1. The molecule has 0 aliphatic carbocycles. The van der Waals surface area contributed by atoms with Gasteiger partial charge < -0.3 is 15.5 Å². The minimum Gasteiger partial charge on any atom is -0.361 e. The number of nitrogens with zero attached hydrogens (tertiary/aromatic N) is 1. The van der Waals surface area contributed by atoms with Crippen LogP contribution in [0.5, 0.6) is 0 Å². The highest BCUT2D eigenvalue weighted by Gasteiger charge is 2.39. The van der Waals surface area contributed by atoms with Gasteiger partial charge in [0.05, 0.1) is 0 Å². The summed E-state index contributed by atoms with van der Waals surface area (Å²) in [5.74, 6) is -0.0170. The number of rotatable bonds is 9. The minimum absolute atomic E-state index is 0.0539. The predicted molar refractivity (Wildman–Crippen MR) is 137 cm³/mol. The van der Waals surface area contributed by atoms with Crippen LogP contribution in [0.15, 0.2) is 78.9 Å². The van der Waals surface area contributed by atoms with E-state index in [9.17, 15) is 9.59 Å². The van der Waals surface area contributed by atoms with E-state index in [2.05, 4.69) is 29.7 Å². The molecule has 2 N–H and O–H groups in total. The Labute approximate surface area is 202 Å². The molecular formula is C29H33N3O2. The predicted octanol–water partition coefficient (Wildman–Crippen LogP) is 5.80. The molecule has 0 fully saturated rings. The topological polar surface area (TPSA) is 61.4 Å². The molecule has 1 heterocycles. The van der Waals surface area contributed by atoms with Crippen LogP contribution in [0.4, 0.5) is 5.69 Å². The second kappa shape index (κ2) is 10.6. The van der Waals surface area contributed by atoms with Gasteiger partial charge in [-0.1, -0.05) is 55.5 Å². The Hall–Kier alpha value is -3.60. The highest BCUT2D eigenvalue weighted by Crippen LogP contribution is 2.36. The fourth-order valence-electron chi connectivity index (χ4n) is 4.38. The van der Waals surface area contributed by atoms with Crippen molar-refractivity contribution in [1.82, 2.24) is 10.2 Å². The lowest BCUT2D eigenvalue weighted by Crippen LogP contribution is -2.39. The molecule has 5 nitrogen and oxygen atoms in total. The summed E-state index contributed by atoms with van der Waals surface area (Å²) >= 11 is 0. The van der Waals surface area contributed by atoms with Gasteiger partial charge in [-0.05, 0) is 69.0 Å². The molecule has 0 aromatic heterocycles. The number of hydrogen-bond acceptors (Lipinski definition) is 3. The standard InChI is InChI=1S/C29H33N3O2/c1-4-20(2)30-28(33)23-16-18-24(19-17-23)31-27-25-12-8-9-13-26(25)29(34)32(27)21(3)14-15-22-10-6-5-7-11-22/h5-13,16-21,27,31H,4,14-15H2,1-3H3,(H,30,33). The van der Waals surface area contributed by atoms with Crippen LogP contribution in [0.1, 0.15) is 71.6 Å². The zero-order chi connectivity index (χ0) is 24.1. The Morgan fingerprint density at radius 2 is 1.62 bits per heavy atom. The van der Waals surface area contributed by atoms with Gasteiger partial charge in [-0.2, -0.15) is 0 Å². The van der Waals surface area contributed by atoms with Gasteiger partial charge in [0.15, 0.2) is 0 Å². The Bertz CT molecular complexity index is 1130. The van der Waals surface area contributed by atoms with Gasteiger partial charge in [-0.25, -0.2) is 0 Å². The van der Waals surface area contributed by atoms with Crippen molar-refractivity contribution in [1.29, 1.82) is 0 Å². The number of anilines is 1. The Morgan fingerprint density at radius 3 is 2.32 bits per heavy atom. The van der Waals surface area contributed by atoms with Crippen molar-refractivity contribution in [2.75, 3.05) is 5.32 Å². The maximum absolute atomic E-state index is 13.4. The molecule has 2 amide bonds. The zero-order valence-corrected chi connectivity index (χ0v) is 20.1. The molecule has 176 valence electrons. The van der Waals surface area contributed by atoms with Gasteiger partial charge in [-0.15, -0.1) is 0 Å². The third kappa shape index (κ3) is 5.14. The van der Waals surface area contributed by atoms with Crippen LogP contribution in [0.2, 0.25) is 0 Å². The Morgan fingerprint density at radius 1 is 0.941 bits per heavy atom. The maximum Gasteiger partial charge on any atom is 0.256 e. The summed E-state index contributed by atoms with van der Waals surface area (Å²) in [6, 6.07) is 25.8. The summed E-state index contributed by atoms with van der Waals surface area (Å²) in [5.41, 5.74) is 4.50. The average molecular weight is 456 g/mol. The average Bonchev–Trinajstić information content (AvgIpc) is 3.15. The molecule has 0 radical (unpaired) electrons. The van der Waals surface area contributed by atoms with E-state index in [1.165, 1.54) is 5.56 Å². The van der Waals surface area contributed by atoms with E-state index in [0.717, 1.165) is 36.1 Å². The summed E-state index contributed by atoms with van der Waals surface area (Å²) in [7, 11) is 0. The number of carbonyl (C=O) groups excluding carboxylic acids is 2. The lowest BCUT2D eigenvalue weighted by molar-refractivity contribution is 0.0659. The van der Waals surface area contributed by atoms with E-state index in [1.807, 2.05) is 85.5 Å². The molecular weight excluding hydrogens is 422 g/mol. The smallest absolute Gasteiger partial charge is 0.256 e. The van der Waals surface area contributed by atoms with Crippen molar-refractivity contribution in [3.63, 3.8) is 0 Å². The number of carbonyl (C=O) groups is 2. The Kier molecular flexibility index (Phi) is 7.31. The van der Waals surface area contributed by atoms with Crippen LogP contribution in [0, 0.1) is 0 Å². The monoisotopic (exact) mass is 455 g/mol. The summed E-state index contributed by atoms with van der Waals surface area (Å²) in [6.07, 6.45) is 2.42. The third-order valence-electron chi connectivity index (χ3n) is 6.61. The van der Waals surface area contributed by atoms with Gasteiger partial charge in [0.25, 0.3) is 11.8 Å². The van der Waals surface area contributed by atoms with Gasteiger partial charge in [-0.3, -0.25) is 9.59 Å². The molecule has 3 unspecified atom stereocenters. The first-order valence-corrected chi connectivity index (χ1v) is 12.1. The SMILES string of the molecule is CCC(C)NC(=O)c1ccc(NC2c3ccccc3C(=O)N2C(C)CCc2ccccc2)cc1. The number of amides is 2. The molecule has 0 bridgehead atoms. The highest BCUT2D eigenvalue weighted by atomic mass is 16.2. The van der Waals surface area contributed by atoms with Crippen LogP contribution in [0.3, 0.4) is 0 Å². The first-order chi connectivity index (χ1) is 16.5. The van der Waals surface area contributed by atoms with Crippen molar-refractivity contribution in [2.24, 2.45) is 0 Å². The number of nitrogens with one attached hydrogen (secondary N) is 2. The largest absolute Gasteiger partial charge is 0.361 e. The molecule has 3 atom stereocenters. The fraction of sp³-hybridized carbons (Fsp3) is 0.310. The van der Waals surface area contributed by atoms with E-state index in [0.29, 0.717) is 5.56 Å². The van der Waals surface area contributed by atoms with Crippen LogP contribution < -0.4 is 10.6 Å². The summed E-state index contributed by atoms with van der Waals surface area (Å²) < 4.78 is 0.